The van der Waals surface area contributed by atoms with Crippen LogP contribution < -0.4 is 4.72 Å². The van der Waals surface area contributed by atoms with E-state index in [9.17, 15) is 8.42 Å². The number of nitrogens with one attached hydrogen (secondary N) is 1. The highest BCUT2D eigenvalue weighted by Crippen LogP contribution is 2.08. The molecule has 0 amide bonds. The maximum atomic E-state index is 12.0. The van der Waals surface area contributed by atoms with E-state index in [-0.39, 0.29) is 6.10 Å². The van der Waals surface area contributed by atoms with Crippen LogP contribution in [0.1, 0.15) is 27.7 Å². The maximum absolute atomic E-state index is 12.0. The lowest BCUT2D eigenvalue weighted by Crippen LogP contribution is -2.50. The van der Waals surface area contributed by atoms with Gasteiger partial charge in [0.15, 0.2) is 0 Å². The number of hydrogen-bond acceptors (Lipinski definition) is 4. The first-order valence-electron chi connectivity index (χ1n) is 7.47. The summed E-state index contributed by atoms with van der Waals surface area (Å²) in [5.74, 6) is 0.612. The highest BCUT2D eigenvalue weighted by molar-refractivity contribution is 7.87. The standard InChI is InChI=1S/C13H29N3O3S/c1-5-16(6-2)20(17,18)14-9-13-11-15(7-8-19-13)10-12(3)4/h12-14H,5-11H2,1-4H3/t13-/m1/s1. The van der Waals surface area contributed by atoms with Crippen LogP contribution in [-0.2, 0) is 14.9 Å². The van der Waals surface area contributed by atoms with Crippen LogP contribution >= 0.6 is 0 Å². The molecule has 0 saturated carbocycles. The van der Waals surface area contributed by atoms with E-state index in [1.807, 2.05) is 13.8 Å². The summed E-state index contributed by atoms with van der Waals surface area (Å²) in [6, 6.07) is 0. The minimum atomic E-state index is -3.38. The molecule has 1 fully saturated rings. The zero-order chi connectivity index (χ0) is 15.2. The summed E-state index contributed by atoms with van der Waals surface area (Å²) in [6.45, 7) is 12.8. The van der Waals surface area contributed by atoms with Crippen LogP contribution in [0, 0.1) is 5.92 Å². The molecule has 7 heteroatoms. The largest absolute Gasteiger partial charge is 0.374 e. The van der Waals surface area contributed by atoms with Crippen molar-refractivity contribution in [3.8, 4) is 0 Å². The molecule has 1 N–H and O–H groups in total. The van der Waals surface area contributed by atoms with Crippen LogP contribution in [-0.4, -0.2) is 69.6 Å². The lowest BCUT2D eigenvalue weighted by Gasteiger charge is -2.34. The maximum Gasteiger partial charge on any atom is 0.279 e. The zero-order valence-electron chi connectivity index (χ0n) is 13.1. The molecule has 1 rings (SSSR count). The Bertz CT molecular complexity index is 369. The van der Waals surface area contributed by atoms with Crippen molar-refractivity contribution < 1.29 is 13.2 Å². The van der Waals surface area contributed by atoms with Crippen LogP contribution in [0.5, 0.6) is 0 Å². The fourth-order valence-corrected chi connectivity index (χ4v) is 3.70. The molecule has 1 heterocycles. The van der Waals surface area contributed by atoms with E-state index in [1.54, 1.807) is 0 Å². The molecule has 0 aliphatic carbocycles. The third-order valence-corrected chi connectivity index (χ3v) is 5.11. The second-order valence-electron chi connectivity index (χ2n) is 5.58. The van der Waals surface area contributed by atoms with Gasteiger partial charge in [-0.25, -0.2) is 0 Å². The summed E-state index contributed by atoms with van der Waals surface area (Å²) in [6.07, 6.45) is -0.0622. The van der Waals surface area contributed by atoms with E-state index in [0.29, 0.717) is 32.2 Å². The predicted molar refractivity (Wildman–Crippen MR) is 80.9 cm³/mol. The van der Waals surface area contributed by atoms with Gasteiger partial charge in [-0.2, -0.15) is 17.4 Å². The number of morpholine rings is 1. The van der Waals surface area contributed by atoms with E-state index in [4.69, 9.17) is 4.74 Å². The number of ether oxygens (including phenoxy) is 1. The quantitative estimate of drug-likeness (QED) is 0.710. The van der Waals surface area contributed by atoms with Gasteiger partial charge in [0.1, 0.15) is 0 Å². The second-order valence-corrected chi connectivity index (χ2v) is 7.34. The summed E-state index contributed by atoms with van der Waals surface area (Å²) < 4.78 is 33.8. The number of rotatable bonds is 8. The van der Waals surface area contributed by atoms with Crippen LogP contribution in [0.3, 0.4) is 0 Å². The average molecular weight is 307 g/mol. The van der Waals surface area contributed by atoms with Crippen LogP contribution in [0.2, 0.25) is 0 Å². The van der Waals surface area contributed by atoms with Crippen molar-refractivity contribution in [2.24, 2.45) is 5.92 Å². The van der Waals surface area contributed by atoms with E-state index >= 15 is 0 Å². The molecule has 0 radical (unpaired) electrons. The van der Waals surface area contributed by atoms with Crippen molar-refractivity contribution in [3.63, 3.8) is 0 Å². The summed E-state index contributed by atoms with van der Waals surface area (Å²) in [5, 5.41) is 0. The van der Waals surface area contributed by atoms with E-state index in [0.717, 1.165) is 19.6 Å². The van der Waals surface area contributed by atoms with Crippen molar-refractivity contribution in [2.45, 2.75) is 33.8 Å². The van der Waals surface area contributed by atoms with E-state index in [2.05, 4.69) is 23.5 Å². The third kappa shape index (κ3) is 5.65. The highest BCUT2D eigenvalue weighted by Gasteiger charge is 2.24. The number of hydrogen-bond donors (Lipinski definition) is 1. The Morgan fingerprint density at radius 3 is 2.55 bits per heavy atom. The Balaban J connectivity index is 2.44. The molecule has 1 saturated heterocycles. The van der Waals surface area contributed by atoms with Crippen molar-refractivity contribution >= 4 is 10.2 Å². The first-order valence-corrected chi connectivity index (χ1v) is 8.91. The molecule has 0 aromatic heterocycles. The van der Waals surface area contributed by atoms with Gasteiger partial charge < -0.3 is 4.74 Å². The minimum Gasteiger partial charge on any atom is -0.374 e. The third-order valence-electron chi connectivity index (χ3n) is 3.38. The van der Waals surface area contributed by atoms with E-state index in [1.165, 1.54) is 4.31 Å². The van der Waals surface area contributed by atoms with Crippen molar-refractivity contribution in [1.82, 2.24) is 13.9 Å². The normalized spacial score (nSPS) is 21.8. The molecule has 1 aliphatic rings. The molecule has 0 unspecified atom stereocenters. The summed E-state index contributed by atoms with van der Waals surface area (Å²) in [4.78, 5) is 2.34. The molecule has 6 nitrogen and oxygen atoms in total. The van der Waals surface area contributed by atoms with Gasteiger partial charge in [0, 0.05) is 39.3 Å². The van der Waals surface area contributed by atoms with Gasteiger partial charge in [-0.05, 0) is 5.92 Å². The Morgan fingerprint density at radius 2 is 2.00 bits per heavy atom. The SMILES string of the molecule is CCN(CC)S(=O)(=O)NC[C@@H]1CN(CC(C)C)CCO1. The fraction of sp³-hybridized carbons (Fsp3) is 1.00. The van der Waals surface area contributed by atoms with Gasteiger partial charge in [0.05, 0.1) is 12.7 Å². The van der Waals surface area contributed by atoms with E-state index < -0.39 is 10.2 Å². The molecule has 120 valence electrons. The lowest BCUT2D eigenvalue weighted by molar-refractivity contribution is -0.0281. The van der Waals surface area contributed by atoms with Gasteiger partial charge in [-0.15, -0.1) is 0 Å². The van der Waals surface area contributed by atoms with Gasteiger partial charge >= 0.3 is 0 Å². The van der Waals surface area contributed by atoms with Crippen molar-refractivity contribution in [1.29, 1.82) is 0 Å². The molecule has 20 heavy (non-hydrogen) atoms. The summed E-state index contributed by atoms with van der Waals surface area (Å²) in [7, 11) is -3.38. The molecule has 1 atom stereocenters. The Morgan fingerprint density at radius 1 is 1.35 bits per heavy atom. The topological polar surface area (TPSA) is 61.9 Å². The first kappa shape index (κ1) is 17.8. The molecule has 0 aromatic carbocycles. The first-order chi connectivity index (χ1) is 9.39. The van der Waals surface area contributed by atoms with Gasteiger partial charge in [0.2, 0.25) is 0 Å². The van der Waals surface area contributed by atoms with Gasteiger partial charge in [-0.3, -0.25) is 4.90 Å². The average Bonchev–Trinajstić information content (AvgIpc) is 2.37. The van der Waals surface area contributed by atoms with Gasteiger partial charge in [0.25, 0.3) is 10.2 Å². The smallest absolute Gasteiger partial charge is 0.279 e. The molecule has 0 aromatic rings. The highest BCUT2D eigenvalue weighted by atomic mass is 32.2. The molecular weight excluding hydrogens is 278 g/mol. The Hall–Kier alpha value is -0.210. The van der Waals surface area contributed by atoms with Crippen molar-refractivity contribution in [3.05, 3.63) is 0 Å². The van der Waals surface area contributed by atoms with Gasteiger partial charge in [-0.1, -0.05) is 27.7 Å². The van der Waals surface area contributed by atoms with Crippen molar-refractivity contribution in [2.75, 3.05) is 45.9 Å². The zero-order valence-corrected chi connectivity index (χ0v) is 13.9. The molecular formula is C13H29N3O3S. The fourth-order valence-electron chi connectivity index (χ4n) is 2.44. The Kier molecular flexibility index (Phi) is 7.39. The second kappa shape index (κ2) is 8.29. The monoisotopic (exact) mass is 307 g/mol. The van der Waals surface area contributed by atoms with Crippen LogP contribution in [0.25, 0.3) is 0 Å². The Labute approximate surface area is 123 Å². The molecule has 0 spiro atoms. The summed E-state index contributed by atoms with van der Waals surface area (Å²) >= 11 is 0. The number of nitrogens with zero attached hydrogens (tertiary/aromatic N) is 2. The minimum absolute atomic E-state index is 0.0622. The predicted octanol–water partition coefficient (Wildman–Crippen LogP) is 0.519. The summed E-state index contributed by atoms with van der Waals surface area (Å²) in [5.41, 5.74) is 0. The molecule has 1 aliphatic heterocycles. The van der Waals surface area contributed by atoms with Crippen LogP contribution in [0.4, 0.5) is 0 Å². The lowest BCUT2D eigenvalue weighted by atomic mass is 10.2. The molecule has 0 bridgehead atoms. The van der Waals surface area contributed by atoms with Crippen LogP contribution in [0.15, 0.2) is 0 Å².